The molecule has 0 saturated carbocycles. The van der Waals surface area contributed by atoms with E-state index in [1.165, 1.54) is 0 Å². The number of hydrogen-bond acceptors (Lipinski definition) is 2. The number of rotatable bonds is 2. The number of nitrogen functional groups attached to an aromatic ring is 1. The van der Waals surface area contributed by atoms with Crippen molar-refractivity contribution in [1.29, 1.82) is 0 Å². The molecule has 2 aromatic carbocycles. The number of aryl methyl sites for hydroxylation is 3. The predicted molar refractivity (Wildman–Crippen MR) is 79.8 cm³/mol. The zero-order chi connectivity index (χ0) is 13.3. The number of nitrogens with two attached hydrogens (primary N) is 1. The van der Waals surface area contributed by atoms with Crippen LogP contribution in [-0.4, -0.2) is 0 Å². The number of para-hydroxylation sites is 1. The number of benzene rings is 2. The fraction of sp³-hybridized carbons (Fsp3) is 0.200. The van der Waals surface area contributed by atoms with E-state index in [2.05, 4.69) is 11.4 Å². The summed E-state index contributed by atoms with van der Waals surface area (Å²) in [6, 6.07) is 9.90. The molecule has 0 amide bonds. The minimum absolute atomic E-state index is 0.718. The molecule has 0 radical (unpaired) electrons. The Morgan fingerprint density at radius 1 is 1.00 bits per heavy atom. The number of halogens is 1. The maximum absolute atomic E-state index is 6.29. The second kappa shape index (κ2) is 4.91. The zero-order valence-electron chi connectivity index (χ0n) is 10.8. The average molecular weight is 261 g/mol. The number of hydrogen-bond donors (Lipinski definition) is 2. The monoisotopic (exact) mass is 260 g/mol. The molecule has 0 aliphatic heterocycles. The minimum Gasteiger partial charge on any atom is -0.397 e. The molecule has 0 aromatic heterocycles. The molecular weight excluding hydrogens is 244 g/mol. The molecule has 3 N–H and O–H groups in total. The molecule has 0 bridgehead atoms. The van der Waals surface area contributed by atoms with Crippen LogP contribution in [0.2, 0.25) is 5.02 Å². The van der Waals surface area contributed by atoms with Crippen LogP contribution < -0.4 is 11.1 Å². The normalized spacial score (nSPS) is 10.4. The molecule has 0 spiro atoms. The van der Waals surface area contributed by atoms with Crippen LogP contribution in [0.1, 0.15) is 16.7 Å². The first-order valence-electron chi connectivity index (χ1n) is 5.88. The van der Waals surface area contributed by atoms with Gasteiger partial charge in [0.25, 0.3) is 0 Å². The third-order valence-corrected chi connectivity index (χ3v) is 3.28. The molecule has 0 aliphatic carbocycles. The van der Waals surface area contributed by atoms with Gasteiger partial charge in [0.15, 0.2) is 0 Å². The van der Waals surface area contributed by atoms with Gasteiger partial charge in [-0.1, -0.05) is 29.8 Å². The fourth-order valence-corrected chi connectivity index (χ4v) is 2.43. The van der Waals surface area contributed by atoms with Gasteiger partial charge in [-0.15, -0.1) is 0 Å². The second-order valence-corrected chi connectivity index (χ2v) is 5.01. The smallest absolute Gasteiger partial charge is 0.0648 e. The minimum atomic E-state index is 0.718. The summed E-state index contributed by atoms with van der Waals surface area (Å²) in [7, 11) is 0. The Bertz CT molecular complexity index is 548. The third-order valence-electron chi connectivity index (χ3n) is 2.99. The molecule has 2 nitrogen and oxygen atoms in total. The molecule has 3 heteroatoms. The summed E-state index contributed by atoms with van der Waals surface area (Å²) >= 11 is 6.29. The van der Waals surface area contributed by atoms with Gasteiger partial charge < -0.3 is 11.1 Å². The molecule has 0 saturated heterocycles. The van der Waals surface area contributed by atoms with Crippen molar-refractivity contribution >= 4 is 28.7 Å². The van der Waals surface area contributed by atoms with Gasteiger partial charge in [-0.25, -0.2) is 0 Å². The first kappa shape index (κ1) is 12.8. The Morgan fingerprint density at radius 2 is 1.72 bits per heavy atom. The van der Waals surface area contributed by atoms with Crippen molar-refractivity contribution in [2.45, 2.75) is 20.8 Å². The highest BCUT2D eigenvalue weighted by atomic mass is 35.5. The standard InChI is InChI=1S/C15H17ClN2/c1-9-7-11(3)14(12(16)8-9)18-15-10(2)5-4-6-13(15)17/h4-8,18H,17H2,1-3H3. The van der Waals surface area contributed by atoms with Crippen molar-refractivity contribution in [3.05, 3.63) is 52.0 Å². The number of anilines is 3. The second-order valence-electron chi connectivity index (χ2n) is 4.60. The Labute approximate surface area is 113 Å². The molecule has 0 unspecified atom stereocenters. The lowest BCUT2D eigenvalue weighted by atomic mass is 10.1. The van der Waals surface area contributed by atoms with Gasteiger partial charge in [-0.2, -0.15) is 0 Å². The van der Waals surface area contributed by atoms with Crippen LogP contribution in [0.4, 0.5) is 17.1 Å². The van der Waals surface area contributed by atoms with E-state index < -0.39 is 0 Å². The first-order valence-corrected chi connectivity index (χ1v) is 6.25. The largest absolute Gasteiger partial charge is 0.397 e. The maximum atomic E-state index is 6.29. The van der Waals surface area contributed by atoms with Gasteiger partial charge >= 0.3 is 0 Å². The van der Waals surface area contributed by atoms with Crippen molar-refractivity contribution in [3.63, 3.8) is 0 Å². The van der Waals surface area contributed by atoms with Gasteiger partial charge in [-0.05, 0) is 49.6 Å². The molecule has 2 rings (SSSR count). The van der Waals surface area contributed by atoms with Crippen molar-refractivity contribution in [1.82, 2.24) is 0 Å². The summed E-state index contributed by atoms with van der Waals surface area (Å²) in [5.74, 6) is 0. The van der Waals surface area contributed by atoms with Gasteiger partial charge in [0.2, 0.25) is 0 Å². The summed E-state index contributed by atoms with van der Waals surface area (Å²) in [5, 5.41) is 4.07. The Hall–Kier alpha value is -1.67. The van der Waals surface area contributed by atoms with E-state index >= 15 is 0 Å². The molecule has 18 heavy (non-hydrogen) atoms. The molecule has 0 heterocycles. The average Bonchev–Trinajstić information content (AvgIpc) is 2.26. The molecule has 94 valence electrons. The van der Waals surface area contributed by atoms with Crippen LogP contribution in [0.5, 0.6) is 0 Å². The lowest BCUT2D eigenvalue weighted by Gasteiger charge is -2.16. The maximum Gasteiger partial charge on any atom is 0.0648 e. The van der Waals surface area contributed by atoms with Crippen LogP contribution >= 0.6 is 11.6 Å². The van der Waals surface area contributed by atoms with Crippen LogP contribution in [0.25, 0.3) is 0 Å². The summed E-state index contributed by atoms with van der Waals surface area (Å²) < 4.78 is 0. The molecule has 0 atom stereocenters. The van der Waals surface area contributed by atoms with Crippen molar-refractivity contribution in [3.8, 4) is 0 Å². The molecule has 0 fully saturated rings. The first-order chi connectivity index (χ1) is 8.49. The van der Waals surface area contributed by atoms with Gasteiger partial charge in [0, 0.05) is 0 Å². The van der Waals surface area contributed by atoms with Gasteiger partial charge in [-0.3, -0.25) is 0 Å². The van der Waals surface area contributed by atoms with Crippen molar-refractivity contribution in [2.75, 3.05) is 11.1 Å². The zero-order valence-corrected chi connectivity index (χ0v) is 11.6. The Kier molecular flexibility index (Phi) is 3.48. The van der Waals surface area contributed by atoms with E-state index in [4.69, 9.17) is 17.3 Å². The molecular formula is C15H17ClN2. The van der Waals surface area contributed by atoms with E-state index in [0.29, 0.717) is 0 Å². The van der Waals surface area contributed by atoms with Crippen molar-refractivity contribution < 1.29 is 0 Å². The lowest BCUT2D eigenvalue weighted by Crippen LogP contribution is -2.01. The van der Waals surface area contributed by atoms with Crippen LogP contribution in [0.3, 0.4) is 0 Å². The van der Waals surface area contributed by atoms with Crippen LogP contribution in [0.15, 0.2) is 30.3 Å². The van der Waals surface area contributed by atoms with Crippen molar-refractivity contribution in [2.24, 2.45) is 0 Å². The highest BCUT2D eigenvalue weighted by Crippen LogP contribution is 2.33. The quantitative estimate of drug-likeness (QED) is 0.775. The van der Waals surface area contributed by atoms with Gasteiger partial charge in [0.1, 0.15) is 0 Å². The molecule has 0 aliphatic rings. The topological polar surface area (TPSA) is 38.0 Å². The summed E-state index contributed by atoms with van der Waals surface area (Å²) in [6.07, 6.45) is 0. The highest BCUT2D eigenvalue weighted by Gasteiger charge is 2.09. The van der Waals surface area contributed by atoms with E-state index in [9.17, 15) is 0 Å². The summed E-state index contributed by atoms with van der Waals surface area (Å²) in [4.78, 5) is 0. The Morgan fingerprint density at radius 3 is 2.33 bits per heavy atom. The van der Waals surface area contributed by atoms with E-state index in [0.717, 1.165) is 38.8 Å². The highest BCUT2D eigenvalue weighted by molar-refractivity contribution is 6.33. The number of nitrogens with one attached hydrogen (secondary N) is 1. The van der Waals surface area contributed by atoms with Crippen LogP contribution in [0, 0.1) is 20.8 Å². The van der Waals surface area contributed by atoms with Crippen LogP contribution in [-0.2, 0) is 0 Å². The predicted octanol–water partition coefficient (Wildman–Crippen LogP) is 4.59. The lowest BCUT2D eigenvalue weighted by molar-refractivity contribution is 1.35. The van der Waals surface area contributed by atoms with E-state index in [1.807, 2.05) is 45.0 Å². The van der Waals surface area contributed by atoms with Gasteiger partial charge in [0.05, 0.1) is 22.1 Å². The summed E-state index contributed by atoms with van der Waals surface area (Å²) in [5.41, 5.74) is 11.9. The third kappa shape index (κ3) is 2.44. The van der Waals surface area contributed by atoms with E-state index in [-0.39, 0.29) is 0 Å². The fourth-order valence-electron chi connectivity index (χ4n) is 2.06. The Balaban J connectivity index is 2.47. The SMILES string of the molecule is Cc1cc(C)c(Nc2c(C)cccc2N)c(Cl)c1. The molecule has 2 aromatic rings. The summed E-state index contributed by atoms with van der Waals surface area (Å²) in [6.45, 7) is 6.09. The van der Waals surface area contributed by atoms with E-state index in [1.54, 1.807) is 0 Å².